The maximum absolute atomic E-state index is 13.7. The van der Waals surface area contributed by atoms with Gasteiger partial charge in [0, 0.05) is 11.5 Å². The molecule has 0 saturated carbocycles. The first-order valence-corrected chi connectivity index (χ1v) is 12.0. The minimum Gasteiger partial charge on any atom is -0.495 e. The van der Waals surface area contributed by atoms with E-state index in [2.05, 4.69) is 9.71 Å². The predicted octanol–water partition coefficient (Wildman–Crippen LogP) is 4.73. The summed E-state index contributed by atoms with van der Waals surface area (Å²) in [5.74, 6) is -1.64. The van der Waals surface area contributed by atoms with E-state index >= 15 is 0 Å². The third-order valence-corrected chi connectivity index (χ3v) is 6.82. The van der Waals surface area contributed by atoms with E-state index < -0.39 is 21.7 Å². The lowest BCUT2D eigenvalue weighted by Gasteiger charge is -2.16. The maximum Gasteiger partial charge on any atom is 0.308 e. The Kier molecular flexibility index (Phi) is 5.77. The van der Waals surface area contributed by atoms with Gasteiger partial charge >= 0.3 is 6.01 Å². The monoisotopic (exact) mass is 509 g/mol. The van der Waals surface area contributed by atoms with Crippen molar-refractivity contribution in [1.82, 2.24) is 9.55 Å². The van der Waals surface area contributed by atoms with Gasteiger partial charge in [0.2, 0.25) is 0 Å². The van der Waals surface area contributed by atoms with E-state index in [9.17, 15) is 22.0 Å². The zero-order valence-corrected chi connectivity index (χ0v) is 19.4. The molecule has 0 fully saturated rings. The molecule has 0 aliphatic rings. The fourth-order valence-electron chi connectivity index (χ4n) is 3.81. The molecule has 0 radical (unpaired) electrons. The first-order valence-electron chi connectivity index (χ1n) is 10.5. The van der Waals surface area contributed by atoms with Crippen molar-refractivity contribution in [2.75, 3.05) is 11.8 Å². The molecule has 8 nitrogen and oxygen atoms in total. The highest BCUT2D eigenvalue weighted by Crippen LogP contribution is 2.32. The van der Waals surface area contributed by atoms with Gasteiger partial charge in [-0.25, -0.2) is 26.9 Å². The fraction of sp³-hybridized carbons (Fsp3) is 0.0400. The molecule has 2 aromatic heterocycles. The molecule has 0 spiro atoms. The predicted molar refractivity (Wildman–Crippen MR) is 129 cm³/mol. The van der Waals surface area contributed by atoms with Crippen molar-refractivity contribution in [3.05, 3.63) is 101 Å². The van der Waals surface area contributed by atoms with Gasteiger partial charge in [-0.15, -0.1) is 0 Å². The van der Waals surface area contributed by atoms with Crippen LogP contribution in [0.2, 0.25) is 0 Å². The van der Waals surface area contributed by atoms with Crippen molar-refractivity contribution in [3.63, 3.8) is 0 Å². The number of methoxy groups -OCH3 is 1. The topological polar surface area (TPSA) is 103 Å². The van der Waals surface area contributed by atoms with Crippen LogP contribution in [0.1, 0.15) is 0 Å². The molecule has 0 bridgehead atoms. The van der Waals surface area contributed by atoms with Gasteiger partial charge in [-0.3, -0.25) is 9.36 Å². The lowest BCUT2D eigenvalue weighted by Crippen LogP contribution is -2.18. The summed E-state index contributed by atoms with van der Waals surface area (Å²) in [6.45, 7) is 0. The number of hydrogen-bond donors (Lipinski definition) is 1. The summed E-state index contributed by atoms with van der Waals surface area (Å²) < 4.78 is 66.6. The normalized spacial score (nSPS) is 11.5. The van der Waals surface area contributed by atoms with Crippen LogP contribution >= 0.6 is 0 Å². The third kappa shape index (κ3) is 4.20. The summed E-state index contributed by atoms with van der Waals surface area (Å²) >= 11 is 0. The Morgan fingerprint density at radius 2 is 1.72 bits per heavy atom. The van der Waals surface area contributed by atoms with Crippen molar-refractivity contribution in [3.8, 4) is 22.6 Å². The van der Waals surface area contributed by atoms with Crippen LogP contribution in [0.25, 0.3) is 27.7 Å². The van der Waals surface area contributed by atoms with Gasteiger partial charge in [0.05, 0.1) is 29.4 Å². The number of oxazole rings is 1. The average Bonchev–Trinajstić information content (AvgIpc) is 3.37. The first kappa shape index (κ1) is 23.2. The lowest BCUT2D eigenvalue weighted by molar-refractivity contribution is 0.413. The number of nitrogens with zero attached hydrogens (tertiary/aromatic N) is 2. The van der Waals surface area contributed by atoms with Gasteiger partial charge in [-0.2, -0.15) is 0 Å². The number of fused-ring (bicyclic) bond motifs is 1. The molecule has 3 aromatic carbocycles. The highest BCUT2D eigenvalue weighted by molar-refractivity contribution is 7.92. The van der Waals surface area contributed by atoms with Crippen LogP contribution in [0, 0.1) is 11.6 Å². The Morgan fingerprint density at radius 1 is 0.944 bits per heavy atom. The molecule has 36 heavy (non-hydrogen) atoms. The van der Waals surface area contributed by atoms with Gasteiger partial charge in [0.1, 0.15) is 12.0 Å². The lowest BCUT2D eigenvalue weighted by atomic mass is 10.0. The molecular weight excluding hydrogens is 492 g/mol. The van der Waals surface area contributed by atoms with Crippen LogP contribution in [0.15, 0.2) is 93.3 Å². The van der Waals surface area contributed by atoms with Crippen molar-refractivity contribution < 1.29 is 26.4 Å². The van der Waals surface area contributed by atoms with Crippen LogP contribution in [-0.2, 0) is 10.0 Å². The molecule has 1 N–H and O–H groups in total. The number of benzene rings is 3. The molecule has 5 aromatic rings. The van der Waals surface area contributed by atoms with Crippen molar-refractivity contribution in [1.29, 1.82) is 0 Å². The molecule has 0 aliphatic heterocycles. The summed E-state index contributed by atoms with van der Waals surface area (Å²) in [7, 11) is -2.57. The van der Waals surface area contributed by atoms with E-state index in [-0.39, 0.29) is 16.5 Å². The maximum atomic E-state index is 13.7. The quantitative estimate of drug-likeness (QED) is 0.355. The summed E-state index contributed by atoms with van der Waals surface area (Å²) in [5, 5.41) is 0.469. The van der Waals surface area contributed by atoms with Crippen molar-refractivity contribution >= 4 is 26.9 Å². The summed E-state index contributed by atoms with van der Waals surface area (Å²) in [4.78, 5) is 16.6. The van der Waals surface area contributed by atoms with Gasteiger partial charge < -0.3 is 9.15 Å². The van der Waals surface area contributed by atoms with Crippen LogP contribution in [0.4, 0.5) is 14.8 Å². The summed E-state index contributed by atoms with van der Waals surface area (Å²) in [6.07, 6.45) is 2.55. The number of nitrogens with one attached hydrogen (secondary N) is 1. The fourth-order valence-corrected chi connectivity index (χ4v) is 4.78. The zero-order valence-electron chi connectivity index (χ0n) is 18.6. The minimum absolute atomic E-state index is 0.0564. The third-order valence-electron chi connectivity index (χ3n) is 5.50. The van der Waals surface area contributed by atoms with Crippen molar-refractivity contribution in [2.24, 2.45) is 0 Å². The smallest absolute Gasteiger partial charge is 0.308 e. The second-order valence-electron chi connectivity index (χ2n) is 7.69. The van der Waals surface area contributed by atoms with Gasteiger partial charge in [0.15, 0.2) is 11.6 Å². The molecule has 0 unspecified atom stereocenters. The van der Waals surface area contributed by atoms with Crippen LogP contribution in [0.5, 0.6) is 5.75 Å². The van der Waals surface area contributed by atoms with E-state index in [1.54, 1.807) is 18.2 Å². The number of anilines is 1. The molecule has 0 atom stereocenters. The zero-order chi connectivity index (χ0) is 25.4. The Balaban J connectivity index is 1.61. The molecule has 0 amide bonds. The average molecular weight is 509 g/mol. The summed E-state index contributed by atoms with van der Waals surface area (Å²) in [6, 6.07) is 15.3. The Morgan fingerprint density at radius 3 is 2.44 bits per heavy atom. The molecule has 0 saturated heterocycles. The highest BCUT2D eigenvalue weighted by Gasteiger charge is 2.19. The van der Waals surface area contributed by atoms with E-state index in [4.69, 9.17) is 9.15 Å². The summed E-state index contributed by atoms with van der Waals surface area (Å²) in [5.41, 5.74) is 1.41. The number of ether oxygens (including phenoxy) is 1. The highest BCUT2D eigenvalue weighted by atomic mass is 32.2. The van der Waals surface area contributed by atoms with E-state index in [0.717, 1.165) is 12.1 Å². The molecule has 0 aliphatic carbocycles. The number of pyridine rings is 1. The number of hydrogen-bond acceptors (Lipinski definition) is 6. The largest absolute Gasteiger partial charge is 0.495 e. The Labute approximate surface area is 203 Å². The van der Waals surface area contributed by atoms with E-state index in [1.165, 1.54) is 60.5 Å². The molecule has 11 heteroatoms. The SMILES string of the molecule is COc1cc(-c2ccc(F)c(F)c2)ccc1-n1c(=O)ccc2cc(S(=O)(=O)Nc3ncco3)ccc21. The second-order valence-corrected chi connectivity index (χ2v) is 9.37. The standard InChI is InChI=1S/C25H17F2N3O5S/c1-34-23-14-16(15-2-6-19(26)20(27)13-15)3-7-22(23)30-21-8-5-18(12-17(21)4-9-24(30)31)36(32,33)29-25-28-10-11-35-25/h2-14H,1H3,(H,28,29). The second kappa shape index (κ2) is 8.93. The molecular formula is C25H17F2N3O5S. The number of aromatic nitrogens is 2. The Bertz CT molecular complexity index is 1770. The van der Waals surface area contributed by atoms with Gasteiger partial charge in [-0.05, 0) is 59.7 Å². The molecule has 2 heterocycles. The minimum atomic E-state index is -3.99. The van der Waals surface area contributed by atoms with E-state index in [1.807, 2.05) is 0 Å². The van der Waals surface area contributed by atoms with Gasteiger partial charge in [-0.1, -0.05) is 12.1 Å². The van der Waals surface area contributed by atoms with E-state index in [0.29, 0.717) is 33.5 Å². The number of sulfonamides is 1. The number of halogens is 2. The van der Waals surface area contributed by atoms with Gasteiger partial charge in [0.25, 0.3) is 15.6 Å². The molecule has 182 valence electrons. The Hall–Kier alpha value is -4.51. The van der Waals surface area contributed by atoms with Crippen LogP contribution in [-0.4, -0.2) is 25.1 Å². The van der Waals surface area contributed by atoms with Crippen LogP contribution < -0.4 is 15.0 Å². The molecule has 5 rings (SSSR count). The number of rotatable bonds is 6. The van der Waals surface area contributed by atoms with Crippen LogP contribution in [0.3, 0.4) is 0 Å². The van der Waals surface area contributed by atoms with Crippen molar-refractivity contribution in [2.45, 2.75) is 4.90 Å². The first-order chi connectivity index (χ1) is 17.3.